The number of nitrogens with zero attached hydrogens (tertiary/aromatic N) is 5. The van der Waals surface area contributed by atoms with E-state index in [1.807, 2.05) is 24.9 Å². The van der Waals surface area contributed by atoms with E-state index in [9.17, 15) is 4.79 Å². The number of aromatic nitrogens is 4. The first kappa shape index (κ1) is 14.6. The van der Waals surface area contributed by atoms with Crippen molar-refractivity contribution in [3.63, 3.8) is 0 Å². The molecule has 0 saturated carbocycles. The van der Waals surface area contributed by atoms with Gasteiger partial charge in [-0.1, -0.05) is 0 Å². The third kappa shape index (κ3) is 2.59. The van der Waals surface area contributed by atoms with Crippen molar-refractivity contribution in [2.24, 2.45) is 7.05 Å². The number of amides is 1. The van der Waals surface area contributed by atoms with E-state index < -0.39 is 0 Å². The normalized spacial score (nSPS) is 17.4. The van der Waals surface area contributed by atoms with E-state index >= 15 is 0 Å². The number of hydrogen-bond acceptors (Lipinski definition) is 5. The smallest absolute Gasteiger partial charge is 0.274 e. The summed E-state index contributed by atoms with van der Waals surface area (Å²) in [5.74, 6) is 0.00622. The lowest BCUT2D eigenvalue weighted by atomic mass is 9.96. The van der Waals surface area contributed by atoms with Crippen LogP contribution in [0.2, 0.25) is 0 Å². The summed E-state index contributed by atoms with van der Waals surface area (Å²) in [4.78, 5) is 22.7. The summed E-state index contributed by atoms with van der Waals surface area (Å²) in [6.07, 6.45) is 4.96. The fourth-order valence-electron chi connectivity index (χ4n) is 2.92. The Labute approximate surface area is 128 Å². The highest BCUT2D eigenvalue weighted by Crippen LogP contribution is 2.28. The first-order valence-corrected chi connectivity index (χ1v) is 7.17. The summed E-state index contributed by atoms with van der Waals surface area (Å²) in [5.41, 5.74) is 3.36. The van der Waals surface area contributed by atoms with Crippen LogP contribution in [0.5, 0.6) is 0 Å². The minimum atomic E-state index is -0.108. The SMILES string of the molecule is COCC1CN(C(=O)c2cnc(C)cn2)Cc2cnn(C)c21. The summed E-state index contributed by atoms with van der Waals surface area (Å²) in [6, 6.07) is 0. The predicted molar refractivity (Wildman–Crippen MR) is 79.3 cm³/mol. The first-order chi connectivity index (χ1) is 10.6. The molecule has 1 atom stereocenters. The summed E-state index contributed by atoms with van der Waals surface area (Å²) in [7, 11) is 3.59. The van der Waals surface area contributed by atoms with Crippen molar-refractivity contribution in [1.29, 1.82) is 0 Å². The average Bonchev–Trinajstić information content (AvgIpc) is 2.89. The van der Waals surface area contributed by atoms with E-state index in [1.165, 1.54) is 6.20 Å². The van der Waals surface area contributed by atoms with Gasteiger partial charge < -0.3 is 9.64 Å². The van der Waals surface area contributed by atoms with Crippen molar-refractivity contribution >= 4 is 5.91 Å². The zero-order valence-corrected chi connectivity index (χ0v) is 13.0. The van der Waals surface area contributed by atoms with Gasteiger partial charge in [-0.25, -0.2) is 4.98 Å². The Hall–Kier alpha value is -2.28. The van der Waals surface area contributed by atoms with Gasteiger partial charge in [-0.05, 0) is 6.92 Å². The Balaban J connectivity index is 1.87. The van der Waals surface area contributed by atoms with Crippen LogP contribution < -0.4 is 0 Å². The molecule has 2 aromatic heterocycles. The molecule has 3 heterocycles. The molecule has 1 aliphatic heterocycles. The Bertz CT molecular complexity index is 680. The molecule has 116 valence electrons. The zero-order valence-electron chi connectivity index (χ0n) is 13.0. The molecule has 1 amide bonds. The van der Waals surface area contributed by atoms with Gasteiger partial charge in [0.1, 0.15) is 5.69 Å². The molecule has 0 saturated heterocycles. The summed E-state index contributed by atoms with van der Waals surface area (Å²) in [5, 5.41) is 4.30. The summed E-state index contributed by atoms with van der Waals surface area (Å²) < 4.78 is 7.17. The van der Waals surface area contributed by atoms with Gasteiger partial charge in [0.25, 0.3) is 5.91 Å². The molecular formula is C15H19N5O2. The van der Waals surface area contributed by atoms with Crippen LogP contribution in [0.1, 0.15) is 33.4 Å². The van der Waals surface area contributed by atoms with Crippen molar-refractivity contribution in [2.75, 3.05) is 20.3 Å². The number of carbonyl (C=O) groups excluding carboxylic acids is 1. The molecule has 0 fully saturated rings. The van der Waals surface area contributed by atoms with Crippen molar-refractivity contribution in [2.45, 2.75) is 19.4 Å². The van der Waals surface area contributed by atoms with Crippen molar-refractivity contribution in [3.05, 3.63) is 41.2 Å². The highest BCUT2D eigenvalue weighted by Gasteiger charge is 2.31. The van der Waals surface area contributed by atoms with Crippen LogP contribution in [-0.2, 0) is 18.3 Å². The van der Waals surface area contributed by atoms with Crippen molar-refractivity contribution < 1.29 is 9.53 Å². The van der Waals surface area contributed by atoms with E-state index in [0.717, 1.165) is 17.0 Å². The molecule has 7 nitrogen and oxygen atoms in total. The van der Waals surface area contributed by atoms with Crippen LogP contribution in [0.3, 0.4) is 0 Å². The van der Waals surface area contributed by atoms with Gasteiger partial charge in [0.15, 0.2) is 0 Å². The molecule has 0 N–H and O–H groups in total. The number of carbonyl (C=O) groups is 1. The standard InChI is InChI=1S/C15H19N5O2/c1-10-4-17-13(6-16-10)15(21)20-7-11-5-18-19(2)14(11)12(8-20)9-22-3/h4-6,12H,7-9H2,1-3H3. The van der Waals surface area contributed by atoms with Crippen LogP contribution in [0.25, 0.3) is 0 Å². The topological polar surface area (TPSA) is 73.1 Å². The van der Waals surface area contributed by atoms with Crippen LogP contribution in [0.4, 0.5) is 0 Å². The van der Waals surface area contributed by atoms with Gasteiger partial charge >= 0.3 is 0 Å². The van der Waals surface area contributed by atoms with E-state index in [-0.39, 0.29) is 11.8 Å². The minimum Gasteiger partial charge on any atom is -0.384 e. The maximum absolute atomic E-state index is 12.6. The molecule has 7 heteroatoms. The lowest BCUT2D eigenvalue weighted by molar-refractivity contribution is 0.0669. The molecule has 0 bridgehead atoms. The highest BCUT2D eigenvalue weighted by molar-refractivity contribution is 5.92. The second kappa shape index (κ2) is 5.84. The molecule has 3 rings (SSSR count). The Morgan fingerprint density at radius 2 is 2.18 bits per heavy atom. The molecule has 1 aliphatic rings. The van der Waals surface area contributed by atoms with Crippen LogP contribution in [-0.4, -0.2) is 50.8 Å². The van der Waals surface area contributed by atoms with Crippen molar-refractivity contribution in [1.82, 2.24) is 24.6 Å². The van der Waals surface area contributed by atoms with Crippen LogP contribution in [0.15, 0.2) is 18.6 Å². The highest BCUT2D eigenvalue weighted by atomic mass is 16.5. The fraction of sp³-hybridized carbons (Fsp3) is 0.467. The number of ether oxygens (including phenoxy) is 1. The molecule has 0 radical (unpaired) electrons. The minimum absolute atomic E-state index is 0.108. The number of aryl methyl sites for hydroxylation is 2. The Morgan fingerprint density at radius 1 is 1.36 bits per heavy atom. The summed E-state index contributed by atoms with van der Waals surface area (Å²) >= 11 is 0. The van der Waals surface area contributed by atoms with Gasteiger partial charge in [0.2, 0.25) is 0 Å². The van der Waals surface area contributed by atoms with Gasteiger partial charge in [0.05, 0.1) is 30.4 Å². The monoisotopic (exact) mass is 301 g/mol. The summed E-state index contributed by atoms with van der Waals surface area (Å²) in [6.45, 7) is 3.53. The molecule has 2 aromatic rings. The first-order valence-electron chi connectivity index (χ1n) is 7.17. The van der Waals surface area contributed by atoms with Crippen molar-refractivity contribution in [3.8, 4) is 0 Å². The number of methoxy groups -OCH3 is 1. The van der Waals surface area contributed by atoms with Gasteiger partial charge in [-0.3, -0.25) is 14.5 Å². The third-order valence-corrected chi connectivity index (χ3v) is 3.91. The molecule has 22 heavy (non-hydrogen) atoms. The second-order valence-electron chi connectivity index (χ2n) is 5.56. The lowest BCUT2D eigenvalue weighted by Gasteiger charge is -2.32. The zero-order chi connectivity index (χ0) is 15.7. The maximum Gasteiger partial charge on any atom is 0.274 e. The van der Waals surface area contributed by atoms with Crippen LogP contribution in [0, 0.1) is 6.92 Å². The Morgan fingerprint density at radius 3 is 2.86 bits per heavy atom. The molecule has 1 unspecified atom stereocenters. The largest absolute Gasteiger partial charge is 0.384 e. The Kier molecular flexibility index (Phi) is 3.89. The van der Waals surface area contributed by atoms with E-state index in [0.29, 0.717) is 25.4 Å². The number of rotatable bonds is 3. The number of fused-ring (bicyclic) bond motifs is 1. The molecule has 0 aliphatic carbocycles. The second-order valence-corrected chi connectivity index (χ2v) is 5.56. The predicted octanol–water partition coefficient (Wildman–Crippen LogP) is 0.905. The van der Waals surface area contributed by atoms with E-state index in [2.05, 4.69) is 15.1 Å². The van der Waals surface area contributed by atoms with Gasteiger partial charge in [-0.2, -0.15) is 5.10 Å². The lowest BCUT2D eigenvalue weighted by Crippen LogP contribution is -2.40. The maximum atomic E-state index is 12.6. The molecular weight excluding hydrogens is 282 g/mol. The van der Waals surface area contributed by atoms with E-state index in [4.69, 9.17) is 4.74 Å². The molecule has 0 aromatic carbocycles. The molecule has 0 spiro atoms. The van der Waals surface area contributed by atoms with Crippen LogP contribution >= 0.6 is 0 Å². The third-order valence-electron chi connectivity index (χ3n) is 3.91. The fourth-order valence-corrected chi connectivity index (χ4v) is 2.92. The average molecular weight is 301 g/mol. The van der Waals surface area contributed by atoms with E-state index in [1.54, 1.807) is 18.2 Å². The quantitative estimate of drug-likeness (QED) is 0.842. The van der Waals surface area contributed by atoms with Gasteiger partial charge in [0, 0.05) is 44.9 Å². The number of hydrogen-bond donors (Lipinski definition) is 0. The van der Waals surface area contributed by atoms with Gasteiger partial charge in [-0.15, -0.1) is 0 Å².